The fourth-order valence-corrected chi connectivity index (χ4v) is 3.12. The molecule has 26 heavy (non-hydrogen) atoms. The highest BCUT2D eigenvalue weighted by Gasteiger charge is 2.20. The van der Waals surface area contributed by atoms with Crippen molar-refractivity contribution in [1.29, 1.82) is 0 Å². The van der Waals surface area contributed by atoms with E-state index in [1.165, 1.54) is 5.56 Å². The number of hydrogen-bond acceptors (Lipinski definition) is 2. The van der Waals surface area contributed by atoms with Crippen LogP contribution in [0, 0.1) is 5.92 Å². The first-order valence-electron chi connectivity index (χ1n) is 9.11. The minimum atomic E-state index is -0.166. The van der Waals surface area contributed by atoms with Gasteiger partial charge in [-0.2, -0.15) is 0 Å². The monoisotopic (exact) mass is 348 g/mol. The third-order valence-corrected chi connectivity index (χ3v) is 4.61. The summed E-state index contributed by atoms with van der Waals surface area (Å²) in [6, 6.07) is 17.2. The predicted molar refractivity (Wildman–Crippen MR) is 104 cm³/mol. The molecule has 3 rings (SSSR count). The van der Waals surface area contributed by atoms with E-state index in [1.807, 2.05) is 42.5 Å². The normalized spacial score (nSPS) is 16.1. The van der Waals surface area contributed by atoms with Crippen LogP contribution in [0.5, 0.6) is 0 Å². The summed E-state index contributed by atoms with van der Waals surface area (Å²) >= 11 is 0. The van der Waals surface area contributed by atoms with Crippen LogP contribution in [0.3, 0.4) is 0 Å². The van der Waals surface area contributed by atoms with E-state index in [2.05, 4.69) is 22.8 Å². The van der Waals surface area contributed by atoms with Crippen molar-refractivity contribution in [3.05, 3.63) is 77.9 Å². The number of allylic oxidation sites excluding steroid dienone is 2. The smallest absolute Gasteiger partial charge is 0.253 e. The van der Waals surface area contributed by atoms with Gasteiger partial charge in [0.25, 0.3) is 5.91 Å². The molecule has 134 valence electrons. The molecule has 0 radical (unpaired) electrons. The van der Waals surface area contributed by atoms with E-state index in [0.717, 1.165) is 25.7 Å². The summed E-state index contributed by atoms with van der Waals surface area (Å²) in [6.45, 7) is 0.554. The molecule has 2 N–H and O–H groups in total. The SMILES string of the molecule is O=C(NCCc1ccccc1)c1ccccc1NC(=O)C1CC=CCC1. The summed E-state index contributed by atoms with van der Waals surface area (Å²) in [5, 5.41) is 5.87. The van der Waals surface area contributed by atoms with Crippen LogP contribution in [0.1, 0.15) is 35.2 Å². The number of nitrogens with one attached hydrogen (secondary N) is 2. The first kappa shape index (κ1) is 17.9. The lowest BCUT2D eigenvalue weighted by atomic mass is 9.93. The standard InChI is InChI=1S/C22H24N2O2/c25-21(18-11-5-2-6-12-18)24-20-14-8-7-13-19(20)22(26)23-16-15-17-9-3-1-4-10-17/h1-5,7-10,13-14,18H,6,11-12,15-16H2,(H,23,26)(H,24,25). The average molecular weight is 348 g/mol. The maximum Gasteiger partial charge on any atom is 0.253 e. The number of para-hydroxylation sites is 1. The van der Waals surface area contributed by atoms with Crippen LogP contribution in [-0.4, -0.2) is 18.4 Å². The number of benzene rings is 2. The van der Waals surface area contributed by atoms with Crippen LogP contribution >= 0.6 is 0 Å². The molecular weight excluding hydrogens is 324 g/mol. The highest BCUT2D eigenvalue weighted by Crippen LogP contribution is 2.22. The Morgan fingerprint density at radius 1 is 0.962 bits per heavy atom. The van der Waals surface area contributed by atoms with Crippen LogP contribution in [0.4, 0.5) is 5.69 Å². The van der Waals surface area contributed by atoms with E-state index in [1.54, 1.807) is 12.1 Å². The van der Waals surface area contributed by atoms with E-state index >= 15 is 0 Å². The lowest BCUT2D eigenvalue weighted by Crippen LogP contribution is -2.28. The summed E-state index contributed by atoms with van der Waals surface area (Å²) in [5.41, 5.74) is 2.25. The molecule has 4 nitrogen and oxygen atoms in total. The molecule has 2 amide bonds. The third-order valence-electron chi connectivity index (χ3n) is 4.61. The molecule has 1 atom stereocenters. The molecule has 1 aliphatic rings. The van der Waals surface area contributed by atoms with Crippen molar-refractivity contribution in [1.82, 2.24) is 5.32 Å². The van der Waals surface area contributed by atoms with Crippen LogP contribution in [0.25, 0.3) is 0 Å². The minimum absolute atomic E-state index is 0.0149. The van der Waals surface area contributed by atoms with Crippen molar-refractivity contribution in [3.8, 4) is 0 Å². The molecule has 0 bridgehead atoms. The predicted octanol–water partition coefficient (Wildman–Crippen LogP) is 3.95. The zero-order valence-electron chi connectivity index (χ0n) is 14.8. The summed E-state index contributed by atoms with van der Waals surface area (Å²) in [6.07, 6.45) is 7.48. The van der Waals surface area contributed by atoms with Gasteiger partial charge in [-0.05, 0) is 43.4 Å². The number of rotatable bonds is 6. The van der Waals surface area contributed by atoms with Gasteiger partial charge in [0.15, 0.2) is 0 Å². The topological polar surface area (TPSA) is 58.2 Å². The second kappa shape index (κ2) is 8.99. The second-order valence-electron chi connectivity index (χ2n) is 6.51. The fourth-order valence-electron chi connectivity index (χ4n) is 3.12. The molecule has 1 aliphatic carbocycles. The van der Waals surface area contributed by atoms with Crippen LogP contribution < -0.4 is 10.6 Å². The van der Waals surface area contributed by atoms with Crippen molar-refractivity contribution in [2.24, 2.45) is 5.92 Å². The molecule has 2 aromatic rings. The van der Waals surface area contributed by atoms with E-state index in [-0.39, 0.29) is 17.7 Å². The molecule has 0 fully saturated rings. The Bertz CT molecular complexity index is 784. The molecule has 2 aromatic carbocycles. The van der Waals surface area contributed by atoms with Gasteiger partial charge in [0, 0.05) is 12.5 Å². The quantitative estimate of drug-likeness (QED) is 0.777. The van der Waals surface area contributed by atoms with Crippen molar-refractivity contribution >= 4 is 17.5 Å². The summed E-state index contributed by atoms with van der Waals surface area (Å²) in [5.74, 6) is -0.201. The van der Waals surface area contributed by atoms with E-state index in [0.29, 0.717) is 17.8 Å². The molecule has 0 aliphatic heterocycles. The zero-order chi connectivity index (χ0) is 18.2. The molecule has 0 saturated heterocycles. The molecule has 0 spiro atoms. The van der Waals surface area contributed by atoms with Crippen molar-refractivity contribution < 1.29 is 9.59 Å². The number of amides is 2. The Morgan fingerprint density at radius 3 is 2.50 bits per heavy atom. The molecule has 0 saturated carbocycles. The largest absolute Gasteiger partial charge is 0.352 e. The first-order chi connectivity index (χ1) is 12.7. The van der Waals surface area contributed by atoms with Crippen molar-refractivity contribution in [2.45, 2.75) is 25.7 Å². The van der Waals surface area contributed by atoms with E-state index in [4.69, 9.17) is 0 Å². The van der Waals surface area contributed by atoms with E-state index < -0.39 is 0 Å². The number of hydrogen-bond donors (Lipinski definition) is 2. The maximum absolute atomic E-state index is 12.5. The van der Waals surface area contributed by atoms with Gasteiger partial charge in [-0.3, -0.25) is 9.59 Å². The van der Waals surface area contributed by atoms with E-state index in [9.17, 15) is 9.59 Å². The Kier molecular flexibility index (Phi) is 6.20. The van der Waals surface area contributed by atoms with Crippen LogP contribution in [0.2, 0.25) is 0 Å². The highest BCUT2D eigenvalue weighted by atomic mass is 16.2. The highest BCUT2D eigenvalue weighted by molar-refractivity contribution is 6.04. The summed E-state index contributed by atoms with van der Waals surface area (Å²) in [7, 11) is 0. The lowest BCUT2D eigenvalue weighted by Gasteiger charge is -2.18. The maximum atomic E-state index is 12.5. The minimum Gasteiger partial charge on any atom is -0.352 e. The second-order valence-corrected chi connectivity index (χ2v) is 6.51. The van der Waals surface area contributed by atoms with Gasteiger partial charge in [0.05, 0.1) is 11.3 Å². The number of anilines is 1. The number of carbonyl (C=O) groups excluding carboxylic acids is 2. The average Bonchev–Trinajstić information content (AvgIpc) is 2.70. The van der Waals surface area contributed by atoms with Crippen LogP contribution in [0.15, 0.2) is 66.7 Å². The van der Waals surface area contributed by atoms with Gasteiger partial charge in [-0.15, -0.1) is 0 Å². The number of carbonyl (C=O) groups is 2. The Morgan fingerprint density at radius 2 is 1.73 bits per heavy atom. The Balaban J connectivity index is 1.59. The van der Waals surface area contributed by atoms with Gasteiger partial charge >= 0.3 is 0 Å². The molecular formula is C22H24N2O2. The Labute approximate surface area is 154 Å². The molecule has 0 heterocycles. The van der Waals surface area contributed by atoms with Gasteiger partial charge in [-0.25, -0.2) is 0 Å². The zero-order valence-corrected chi connectivity index (χ0v) is 14.8. The Hall–Kier alpha value is -2.88. The first-order valence-corrected chi connectivity index (χ1v) is 9.11. The van der Waals surface area contributed by atoms with Gasteiger partial charge in [-0.1, -0.05) is 54.6 Å². The van der Waals surface area contributed by atoms with Gasteiger partial charge < -0.3 is 10.6 Å². The molecule has 1 unspecified atom stereocenters. The van der Waals surface area contributed by atoms with Gasteiger partial charge in [0.1, 0.15) is 0 Å². The summed E-state index contributed by atoms with van der Waals surface area (Å²) in [4.78, 5) is 25.0. The third kappa shape index (κ3) is 4.82. The molecule has 4 heteroatoms. The summed E-state index contributed by atoms with van der Waals surface area (Å²) < 4.78 is 0. The lowest BCUT2D eigenvalue weighted by molar-refractivity contribution is -0.120. The van der Waals surface area contributed by atoms with Crippen LogP contribution in [-0.2, 0) is 11.2 Å². The van der Waals surface area contributed by atoms with Crippen molar-refractivity contribution in [3.63, 3.8) is 0 Å². The van der Waals surface area contributed by atoms with Crippen molar-refractivity contribution in [2.75, 3.05) is 11.9 Å². The fraction of sp³-hybridized carbons (Fsp3) is 0.273. The van der Waals surface area contributed by atoms with Gasteiger partial charge in [0.2, 0.25) is 5.91 Å². The molecule has 0 aromatic heterocycles.